The van der Waals surface area contributed by atoms with Gasteiger partial charge >= 0.3 is 0 Å². The van der Waals surface area contributed by atoms with Crippen molar-refractivity contribution in [3.63, 3.8) is 0 Å². The Kier molecular flexibility index (Phi) is 42.1. The Bertz CT molecular complexity index is 3920. The number of benzene rings is 12. The van der Waals surface area contributed by atoms with Gasteiger partial charge in [-0.05, 0) is 261 Å². The molecule has 0 amide bonds. The third-order valence-corrected chi connectivity index (χ3v) is 21.2. The number of hydrogen-bond donors (Lipinski definition) is 4. The molecule has 0 bridgehead atoms. The molecule has 14 heteroatoms. The molecule has 12 rings (SSSR count). The first-order valence-electron chi connectivity index (χ1n) is 40.8. The molecule has 0 aliphatic rings. The fourth-order valence-electron chi connectivity index (χ4n) is 13.7. The summed E-state index contributed by atoms with van der Waals surface area (Å²) in [6, 6.07) is 108. The lowest BCUT2D eigenvalue weighted by Crippen LogP contribution is -2.22. The molecule has 0 spiro atoms. The van der Waals surface area contributed by atoms with Crippen LogP contribution in [0.5, 0.6) is 23.0 Å². The van der Waals surface area contributed by atoms with E-state index < -0.39 is 0 Å². The standard InChI is InChI=1S/2C26H30ClNO.2C25H28ClNO2/c1-29-25-17-11-21(12-18-25)20-28-19-7-3-6-10-26(22-8-4-2-5-9-22)23-13-15-24(27)16-14-23;1-29-25-17-11-21(12-18-25)7-5-19-28-20-6-10-26(22-8-3-2-4-9-22)23-13-15-24(27)16-14-23;1-28-24-15-9-20(10-16-24)6-5-17-27-18-19-29-25(21-7-3-2-4-8-21)22-11-13-23(26)14-12-22;1-28-24-15-9-20(10-16-24)19-27-17-5-6-18-29-25(21-7-3-2-4-8-21)22-11-13-23(26)14-12-22/h2,4-5,8-9,11-18,26,28H,3,6-7,10,19-20H2,1H3;2-4,8-9,11-18,26,28H,5-7,10,19-20H2,1H3;2*2-4,7-16,25,27H,5-6,17-19H2,1H3. The van der Waals surface area contributed by atoms with Crippen LogP contribution in [0, 0.1) is 0 Å². The summed E-state index contributed by atoms with van der Waals surface area (Å²) in [5.41, 5.74) is 15.2. The molecule has 116 heavy (non-hydrogen) atoms. The fraction of sp³-hybridized carbons (Fsp3) is 0.294. The highest BCUT2D eigenvalue weighted by atomic mass is 35.5. The van der Waals surface area contributed by atoms with Crippen molar-refractivity contribution < 1.29 is 28.4 Å². The number of aryl methyl sites for hydroxylation is 2. The van der Waals surface area contributed by atoms with Gasteiger partial charge < -0.3 is 49.7 Å². The van der Waals surface area contributed by atoms with E-state index in [4.69, 9.17) is 74.8 Å². The van der Waals surface area contributed by atoms with Crippen molar-refractivity contribution in [1.82, 2.24) is 21.3 Å². The third-order valence-electron chi connectivity index (χ3n) is 20.2. The van der Waals surface area contributed by atoms with Crippen LogP contribution in [0.2, 0.25) is 20.1 Å². The van der Waals surface area contributed by atoms with Crippen LogP contribution in [0.1, 0.15) is 155 Å². The summed E-state index contributed by atoms with van der Waals surface area (Å²) in [7, 11) is 6.78. The molecule has 10 nitrogen and oxygen atoms in total. The Hall–Kier alpha value is -9.24. The summed E-state index contributed by atoms with van der Waals surface area (Å²) >= 11 is 24.2. The fourth-order valence-corrected chi connectivity index (χ4v) is 14.2. The van der Waals surface area contributed by atoms with E-state index in [-0.39, 0.29) is 12.2 Å². The number of ether oxygens (including phenoxy) is 6. The smallest absolute Gasteiger partial charge is 0.118 e. The number of hydrogen-bond acceptors (Lipinski definition) is 10. The molecule has 0 aromatic heterocycles. The van der Waals surface area contributed by atoms with E-state index in [0.717, 1.165) is 175 Å². The monoisotopic (exact) mass is 1630 g/mol. The largest absolute Gasteiger partial charge is 0.497 e. The molecule has 4 N–H and O–H groups in total. The minimum absolute atomic E-state index is 0.0688. The number of unbranched alkanes of at least 4 members (excludes halogenated alkanes) is 3. The quantitative estimate of drug-likeness (QED) is 0.0276. The first kappa shape index (κ1) is 90.7. The van der Waals surface area contributed by atoms with Gasteiger partial charge in [0.25, 0.3) is 0 Å². The second-order valence-corrected chi connectivity index (χ2v) is 30.4. The molecule has 0 heterocycles. The number of nitrogens with one attached hydrogen (secondary N) is 4. The zero-order valence-corrected chi connectivity index (χ0v) is 70.9. The van der Waals surface area contributed by atoms with Gasteiger partial charge in [-0.2, -0.15) is 0 Å². The minimum atomic E-state index is -0.0884. The molecule has 0 aliphatic heterocycles. The maximum atomic E-state index is 6.26. The van der Waals surface area contributed by atoms with Crippen LogP contribution in [0.25, 0.3) is 0 Å². The predicted molar refractivity (Wildman–Crippen MR) is 486 cm³/mol. The molecule has 4 unspecified atom stereocenters. The Balaban J connectivity index is 0.000000177. The molecule has 0 fully saturated rings. The Labute approximate surface area is 711 Å². The highest BCUT2D eigenvalue weighted by Gasteiger charge is 2.19. The van der Waals surface area contributed by atoms with Gasteiger partial charge in [0, 0.05) is 58.2 Å². The maximum Gasteiger partial charge on any atom is 0.118 e. The van der Waals surface area contributed by atoms with Crippen molar-refractivity contribution in [2.24, 2.45) is 0 Å². The molecule has 0 saturated carbocycles. The van der Waals surface area contributed by atoms with Gasteiger partial charge in [-0.15, -0.1) is 0 Å². The highest BCUT2D eigenvalue weighted by molar-refractivity contribution is 6.31. The van der Waals surface area contributed by atoms with Gasteiger partial charge in [0.2, 0.25) is 0 Å². The number of methoxy groups -OCH3 is 4. The molecule has 4 atom stereocenters. The van der Waals surface area contributed by atoms with Crippen molar-refractivity contribution in [3.05, 3.63) is 402 Å². The van der Waals surface area contributed by atoms with Gasteiger partial charge in [-0.25, -0.2) is 0 Å². The summed E-state index contributed by atoms with van der Waals surface area (Å²) in [6.45, 7) is 9.00. The third kappa shape index (κ3) is 33.8. The lowest BCUT2D eigenvalue weighted by molar-refractivity contribution is 0.0772. The molecule has 12 aromatic rings. The summed E-state index contributed by atoms with van der Waals surface area (Å²) < 4.78 is 33.3. The maximum absolute atomic E-state index is 6.26. The Morgan fingerprint density at radius 1 is 0.233 bits per heavy atom. The molecule has 608 valence electrons. The van der Waals surface area contributed by atoms with E-state index in [1.165, 1.54) is 63.8 Å². The summed E-state index contributed by atoms with van der Waals surface area (Å²) in [5.74, 6) is 4.45. The van der Waals surface area contributed by atoms with Gasteiger partial charge in [0.05, 0.1) is 35.0 Å². The number of rotatable bonds is 44. The van der Waals surface area contributed by atoms with E-state index in [2.05, 4.69) is 179 Å². The van der Waals surface area contributed by atoms with Crippen LogP contribution in [0.4, 0.5) is 0 Å². The molecular formula is C102H116Cl4N4O6. The topological polar surface area (TPSA) is 104 Å². The van der Waals surface area contributed by atoms with Crippen molar-refractivity contribution >= 4 is 46.4 Å². The Morgan fingerprint density at radius 3 is 0.871 bits per heavy atom. The highest BCUT2D eigenvalue weighted by Crippen LogP contribution is 2.34. The van der Waals surface area contributed by atoms with E-state index in [1.807, 2.05) is 158 Å². The lowest BCUT2D eigenvalue weighted by Gasteiger charge is -2.19. The SMILES string of the molecule is COc1ccc(CCCNCCCC(c2ccccc2)c2ccc(Cl)cc2)cc1.COc1ccc(CCCNCCOC(c2ccccc2)c2ccc(Cl)cc2)cc1.COc1ccc(CNCCCCCC(c2ccccc2)c2ccc(Cl)cc2)cc1.COc1ccc(CNCCCCOC(c2ccccc2)c2ccc(Cl)cc2)cc1. The first-order chi connectivity index (χ1) is 57.0. The van der Waals surface area contributed by atoms with E-state index >= 15 is 0 Å². The second-order valence-electron chi connectivity index (χ2n) is 28.6. The van der Waals surface area contributed by atoms with Gasteiger partial charge in [0.15, 0.2) is 0 Å². The average molecular weight is 1640 g/mol. The first-order valence-corrected chi connectivity index (χ1v) is 42.3. The zero-order chi connectivity index (χ0) is 81.3. The minimum Gasteiger partial charge on any atom is -0.497 e. The number of halogens is 4. The summed E-state index contributed by atoms with van der Waals surface area (Å²) in [6.07, 6.45) is 13.4. The van der Waals surface area contributed by atoms with Crippen LogP contribution in [-0.2, 0) is 35.4 Å². The molecule has 0 saturated heterocycles. The predicted octanol–water partition coefficient (Wildman–Crippen LogP) is 25.0. The lowest BCUT2D eigenvalue weighted by atomic mass is 9.87. The van der Waals surface area contributed by atoms with Crippen LogP contribution in [-0.4, -0.2) is 80.9 Å². The van der Waals surface area contributed by atoms with E-state index in [9.17, 15) is 0 Å². The van der Waals surface area contributed by atoms with Crippen molar-refractivity contribution in [3.8, 4) is 23.0 Å². The second kappa shape index (κ2) is 53.9. The van der Waals surface area contributed by atoms with Crippen LogP contribution in [0.3, 0.4) is 0 Å². The zero-order valence-electron chi connectivity index (χ0n) is 67.8. The van der Waals surface area contributed by atoms with Crippen molar-refractivity contribution in [2.45, 2.75) is 114 Å². The molecule has 0 radical (unpaired) electrons. The summed E-state index contributed by atoms with van der Waals surface area (Å²) in [4.78, 5) is 0. The van der Waals surface area contributed by atoms with Gasteiger partial charge in [-0.1, -0.05) is 278 Å². The van der Waals surface area contributed by atoms with Crippen molar-refractivity contribution in [2.75, 3.05) is 80.9 Å². The van der Waals surface area contributed by atoms with Crippen LogP contribution in [0.15, 0.2) is 315 Å². The Morgan fingerprint density at radius 2 is 0.509 bits per heavy atom. The molecule has 0 aliphatic carbocycles. The van der Waals surface area contributed by atoms with Gasteiger partial charge in [0.1, 0.15) is 35.2 Å². The summed E-state index contributed by atoms with van der Waals surface area (Å²) in [5, 5.41) is 17.2. The van der Waals surface area contributed by atoms with Crippen LogP contribution >= 0.6 is 46.4 Å². The van der Waals surface area contributed by atoms with Crippen molar-refractivity contribution in [1.29, 1.82) is 0 Å². The van der Waals surface area contributed by atoms with Crippen LogP contribution < -0.4 is 40.2 Å². The van der Waals surface area contributed by atoms with E-state index in [0.29, 0.717) is 25.0 Å². The molecule has 12 aromatic carbocycles. The average Bonchev–Trinajstić information content (AvgIpc) is 0.856. The van der Waals surface area contributed by atoms with Gasteiger partial charge in [-0.3, -0.25) is 0 Å². The molecular weight excluding hydrogens is 1520 g/mol. The normalized spacial score (nSPS) is 11.9. The van der Waals surface area contributed by atoms with E-state index in [1.54, 1.807) is 28.4 Å².